The maximum absolute atomic E-state index is 12.3. The van der Waals surface area contributed by atoms with Crippen LogP contribution >= 0.6 is 0 Å². The van der Waals surface area contributed by atoms with Gasteiger partial charge in [-0.3, -0.25) is 0 Å². The highest BCUT2D eigenvalue weighted by Gasteiger charge is 2.37. The lowest BCUT2D eigenvalue weighted by molar-refractivity contribution is -0.287. The van der Waals surface area contributed by atoms with Gasteiger partial charge in [0.05, 0.1) is 11.2 Å². The van der Waals surface area contributed by atoms with Gasteiger partial charge in [-0.05, 0) is 12.5 Å². The first-order chi connectivity index (χ1) is 10.1. The molecule has 0 amide bonds. The predicted octanol–water partition coefficient (Wildman–Crippen LogP) is 3.99. The fourth-order valence-electron chi connectivity index (χ4n) is 1.81. The summed E-state index contributed by atoms with van der Waals surface area (Å²) in [6.07, 6.45) is -8.88. The Bertz CT molecular complexity index is 684. The average molecular weight is 326 g/mol. The Labute approximate surface area is 119 Å². The number of benzene rings is 1. The second kappa shape index (κ2) is 5.50. The number of hydrogen-bond acceptors (Lipinski definition) is 4. The molecule has 0 spiro atoms. The van der Waals surface area contributed by atoms with Crippen molar-refractivity contribution in [1.82, 2.24) is 9.97 Å². The van der Waals surface area contributed by atoms with E-state index in [1.165, 1.54) is 0 Å². The summed E-state index contributed by atoms with van der Waals surface area (Å²) in [6.45, 7) is 1.69. The minimum atomic E-state index is -5.17. The summed E-state index contributed by atoms with van der Waals surface area (Å²) in [7, 11) is 0. The molecule has 1 heterocycles. The van der Waals surface area contributed by atoms with Crippen molar-refractivity contribution in [2.24, 2.45) is 0 Å². The number of halogens is 6. The zero-order valence-corrected chi connectivity index (χ0v) is 10.9. The fraction of sp³-hybridized carbons (Fsp3) is 0.333. The summed E-state index contributed by atoms with van der Waals surface area (Å²) in [5.74, 6) is -2.24. The zero-order valence-electron chi connectivity index (χ0n) is 10.9. The molecule has 1 aromatic heterocycles. The molecule has 2 rings (SSSR count). The number of alkyl halides is 6. The van der Waals surface area contributed by atoms with Gasteiger partial charge < -0.3 is 9.47 Å². The van der Waals surface area contributed by atoms with Gasteiger partial charge in [0.2, 0.25) is 0 Å². The Kier molecular flexibility index (Phi) is 4.03. The van der Waals surface area contributed by atoms with Crippen molar-refractivity contribution in [3.05, 3.63) is 24.2 Å². The van der Waals surface area contributed by atoms with Crippen molar-refractivity contribution in [3.63, 3.8) is 0 Å². The van der Waals surface area contributed by atoms with Crippen LogP contribution in [-0.4, -0.2) is 22.7 Å². The van der Waals surface area contributed by atoms with Crippen molar-refractivity contribution in [2.75, 3.05) is 0 Å². The van der Waals surface area contributed by atoms with Crippen molar-refractivity contribution in [2.45, 2.75) is 26.1 Å². The molecule has 0 bridgehead atoms. The molecule has 1 aromatic carbocycles. The van der Waals surface area contributed by atoms with Crippen LogP contribution in [0.25, 0.3) is 10.9 Å². The van der Waals surface area contributed by atoms with E-state index in [1.807, 2.05) is 0 Å². The molecule has 2 aromatic rings. The topological polar surface area (TPSA) is 44.2 Å². The third-order valence-electron chi connectivity index (χ3n) is 2.57. The Hall–Kier alpha value is -2.26. The summed E-state index contributed by atoms with van der Waals surface area (Å²) in [4.78, 5) is 7.58. The van der Waals surface area contributed by atoms with Crippen LogP contribution in [0.5, 0.6) is 11.5 Å². The highest BCUT2D eigenvalue weighted by atomic mass is 19.4. The largest absolute Gasteiger partial charge is 0.573 e. The number of nitrogens with zero attached hydrogens (tertiary/aromatic N) is 2. The molecule has 22 heavy (non-hydrogen) atoms. The molecule has 0 aliphatic heterocycles. The van der Waals surface area contributed by atoms with E-state index in [1.54, 1.807) is 6.92 Å². The molecule has 120 valence electrons. The monoisotopic (exact) mass is 326 g/mol. The van der Waals surface area contributed by atoms with Gasteiger partial charge in [-0.1, -0.05) is 6.92 Å². The van der Waals surface area contributed by atoms with Crippen LogP contribution in [0.15, 0.2) is 18.5 Å². The number of rotatable bonds is 3. The first-order valence-corrected chi connectivity index (χ1v) is 5.88. The number of fused-ring (bicyclic) bond motifs is 1. The molecular weight excluding hydrogens is 318 g/mol. The lowest BCUT2D eigenvalue weighted by Gasteiger charge is -2.16. The van der Waals surface area contributed by atoms with E-state index in [0.717, 1.165) is 18.5 Å². The number of aromatic nitrogens is 2. The van der Waals surface area contributed by atoms with Crippen LogP contribution in [0.2, 0.25) is 0 Å². The van der Waals surface area contributed by atoms with Gasteiger partial charge in [0.25, 0.3) is 0 Å². The van der Waals surface area contributed by atoms with Crippen LogP contribution in [0.1, 0.15) is 12.6 Å². The van der Waals surface area contributed by atoms with E-state index >= 15 is 0 Å². The first kappa shape index (κ1) is 16.1. The molecule has 0 aliphatic carbocycles. The first-order valence-electron chi connectivity index (χ1n) is 5.88. The number of aryl methyl sites for hydroxylation is 1. The number of ether oxygens (including phenoxy) is 2. The van der Waals surface area contributed by atoms with Gasteiger partial charge in [-0.15, -0.1) is 26.3 Å². The van der Waals surface area contributed by atoms with Crippen molar-refractivity contribution < 1.29 is 35.8 Å². The average Bonchev–Trinajstić information content (AvgIpc) is 2.35. The zero-order chi connectivity index (χ0) is 16.5. The second-order valence-electron chi connectivity index (χ2n) is 4.09. The molecule has 0 saturated carbocycles. The van der Waals surface area contributed by atoms with Crippen LogP contribution in [0.4, 0.5) is 26.3 Å². The van der Waals surface area contributed by atoms with Gasteiger partial charge >= 0.3 is 12.7 Å². The van der Waals surface area contributed by atoms with Gasteiger partial charge in [-0.25, -0.2) is 9.97 Å². The van der Waals surface area contributed by atoms with Crippen LogP contribution < -0.4 is 9.47 Å². The third kappa shape index (κ3) is 3.89. The highest BCUT2D eigenvalue weighted by molar-refractivity contribution is 5.84. The highest BCUT2D eigenvalue weighted by Crippen LogP contribution is 2.38. The van der Waals surface area contributed by atoms with Crippen molar-refractivity contribution >= 4 is 10.9 Å². The van der Waals surface area contributed by atoms with Crippen molar-refractivity contribution in [1.29, 1.82) is 0 Å². The van der Waals surface area contributed by atoms with E-state index in [-0.39, 0.29) is 10.9 Å². The summed E-state index contributed by atoms with van der Waals surface area (Å²) < 4.78 is 81.1. The SMILES string of the molecule is CCc1ncnc2cc(OC(F)(F)F)c(OC(F)(F)F)cc12. The summed E-state index contributed by atoms with van der Waals surface area (Å²) >= 11 is 0. The Morgan fingerprint density at radius 2 is 1.45 bits per heavy atom. The Balaban J connectivity index is 2.62. The van der Waals surface area contributed by atoms with E-state index in [0.29, 0.717) is 12.1 Å². The van der Waals surface area contributed by atoms with E-state index < -0.39 is 24.2 Å². The Morgan fingerprint density at radius 3 is 1.95 bits per heavy atom. The summed E-state index contributed by atoms with van der Waals surface area (Å²) in [5, 5.41) is 0.152. The van der Waals surface area contributed by atoms with Gasteiger partial charge in [0.15, 0.2) is 11.5 Å². The molecule has 0 unspecified atom stereocenters. The molecule has 4 nitrogen and oxygen atoms in total. The molecule has 10 heteroatoms. The molecule has 0 N–H and O–H groups in total. The van der Waals surface area contributed by atoms with E-state index in [4.69, 9.17) is 0 Å². The lowest BCUT2D eigenvalue weighted by atomic mass is 10.1. The molecular formula is C12H8F6N2O2. The Morgan fingerprint density at radius 1 is 0.909 bits per heavy atom. The van der Waals surface area contributed by atoms with Crippen LogP contribution in [-0.2, 0) is 6.42 Å². The van der Waals surface area contributed by atoms with Gasteiger partial charge in [-0.2, -0.15) is 0 Å². The number of hydrogen-bond donors (Lipinski definition) is 0. The molecule has 0 saturated heterocycles. The van der Waals surface area contributed by atoms with Gasteiger partial charge in [0, 0.05) is 11.5 Å². The van der Waals surface area contributed by atoms with E-state index in [9.17, 15) is 26.3 Å². The second-order valence-corrected chi connectivity index (χ2v) is 4.09. The van der Waals surface area contributed by atoms with Gasteiger partial charge in [0.1, 0.15) is 6.33 Å². The van der Waals surface area contributed by atoms with Crippen molar-refractivity contribution in [3.8, 4) is 11.5 Å². The quantitative estimate of drug-likeness (QED) is 0.800. The molecule has 0 aliphatic rings. The summed E-state index contributed by atoms with van der Waals surface area (Å²) in [6, 6.07) is 1.51. The fourth-order valence-corrected chi connectivity index (χ4v) is 1.81. The molecule has 0 atom stereocenters. The lowest BCUT2D eigenvalue weighted by Crippen LogP contribution is -2.21. The predicted molar refractivity (Wildman–Crippen MR) is 62.3 cm³/mol. The summed E-state index contributed by atoms with van der Waals surface area (Å²) in [5.41, 5.74) is 0.385. The minimum absolute atomic E-state index is 0.0145. The van der Waals surface area contributed by atoms with Crippen LogP contribution in [0, 0.1) is 0 Å². The maximum atomic E-state index is 12.3. The molecule has 0 radical (unpaired) electrons. The maximum Gasteiger partial charge on any atom is 0.573 e. The molecule has 0 fully saturated rings. The van der Waals surface area contributed by atoms with Crippen LogP contribution in [0.3, 0.4) is 0 Å². The van der Waals surface area contributed by atoms with E-state index in [2.05, 4.69) is 19.4 Å². The smallest absolute Gasteiger partial charge is 0.402 e. The minimum Gasteiger partial charge on any atom is -0.402 e. The normalized spacial score (nSPS) is 12.5. The standard InChI is InChI=1S/C12H8F6N2O2/c1-2-7-6-3-9(21-11(13,14)15)10(22-12(16,17)18)4-8(6)20-5-19-7/h3-5H,2H2,1H3. The third-order valence-corrected chi connectivity index (χ3v) is 2.57.